The molecule has 1 fully saturated rings. The van der Waals surface area contributed by atoms with Crippen molar-refractivity contribution in [1.29, 1.82) is 0 Å². The molecular formula is C16H19F3N4. The fraction of sp³-hybridized carbons (Fsp3) is 0.500. The molecule has 1 N–H and O–H groups in total. The Bertz CT molecular complexity index is 665. The highest BCUT2D eigenvalue weighted by molar-refractivity contribution is 5.30. The van der Waals surface area contributed by atoms with Crippen molar-refractivity contribution in [2.45, 2.75) is 43.9 Å². The number of nitrogens with one attached hydrogen (secondary N) is 1. The van der Waals surface area contributed by atoms with Crippen LogP contribution in [0.3, 0.4) is 0 Å². The summed E-state index contributed by atoms with van der Waals surface area (Å²) in [6.07, 6.45) is 0.0695. The van der Waals surface area contributed by atoms with E-state index in [0.29, 0.717) is 6.54 Å². The van der Waals surface area contributed by atoms with Gasteiger partial charge in [-0.3, -0.25) is 4.68 Å². The number of rotatable bonds is 4. The molecule has 124 valence electrons. The number of benzene rings is 1. The monoisotopic (exact) mass is 324 g/mol. The van der Waals surface area contributed by atoms with Crippen LogP contribution in [0.4, 0.5) is 13.2 Å². The van der Waals surface area contributed by atoms with E-state index in [1.54, 1.807) is 10.7 Å². The summed E-state index contributed by atoms with van der Waals surface area (Å²) < 4.78 is 40.4. The van der Waals surface area contributed by atoms with Crippen LogP contribution in [0, 0.1) is 0 Å². The first-order chi connectivity index (χ1) is 10.9. The highest BCUT2D eigenvalue weighted by Gasteiger charge is 2.33. The fourth-order valence-corrected chi connectivity index (χ4v) is 3.25. The molecule has 1 aliphatic carbocycles. The van der Waals surface area contributed by atoms with Gasteiger partial charge in [-0.25, -0.2) is 4.98 Å². The van der Waals surface area contributed by atoms with Crippen molar-refractivity contribution >= 4 is 0 Å². The van der Waals surface area contributed by atoms with Crippen LogP contribution in [-0.4, -0.2) is 20.8 Å². The van der Waals surface area contributed by atoms with Crippen LogP contribution >= 0.6 is 0 Å². The maximum absolute atomic E-state index is 12.9. The minimum absolute atomic E-state index is 0.102. The van der Waals surface area contributed by atoms with Gasteiger partial charge in [-0.15, -0.1) is 0 Å². The zero-order valence-electron chi connectivity index (χ0n) is 12.8. The molecule has 0 amide bonds. The normalized spacial score (nSPS) is 21.7. The molecule has 23 heavy (non-hydrogen) atoms. The molecular weight excluding hydrogens is 305 g/mol. The molecule has 1 aromatic carbocycles. The fourth-order valence-electron chi connectivity index (χ4n) is 3.25. The summed E-state index contributed by atoms with van der Waals surface area (Å²) in [5.74, 6) is 0.921. The van der Waals surface area contributed by atoms with Gasteiger partial charge in [-0.1, -0.05) is 24.6 Å². The van der Waals surface area contributed by atoms with Crippen LogP contribution in [0.15, 0.2) is 30.6 Å². The molecule has 0 aliphatic heterocycles. The van der Waals surface area contributed by atoms with E-state index in [9.17, 15) is 13.2 Å². The smallest absolute Gasteiger partial charge is 0.306 e. The Morgan fingerprint density at radius 2 is 2.13 bits per heavy atom. The van der Waals surface area contributed by atoms with Gasteiger partial charge in [-0.05, 0) is 30.4 Å². The second kappa shape index (κ2) is 6.31. The Balaban J connectivity index is 1.73. The van der Waals surface area contributed by atoms with E-state index in [-0.39, 0.29) is 12.0 Å². The van der Waals surface area contributed by atoms with E-state index >= 15 is 0 Å². The van der Waals surface area contributed by atoms with Gasteiger partial charge in [0, 0.05) is 13.1 Å². The SMILES string of the molecule is Cn1ncnc1CN[C@H]1CCC[C@H]1c1cccc(C(F)(F)F)c1. The minimum Gasteiger partial charge on any atom is -0.306 e. The molecule has 1 heterocycles. The molecule has 0 saturated heterocycles. The molecule has 0 unspecified atom stereocenters. The summed E-state index contributed by atoms with van der Waals surface area (Å²) in [6, 6.07) is 5.86. The van der Waals surface area contributed by atoms with E-state index < -0.39 is 11.7 Å². The van der Waals surface area contributed by atoms with Crippen molar-refractivity contribution < 1.29 is 13.2 Å². The van der Waals surface area contributed by atoms with Crippen LogP contribution in [0.25, 0.3) is 0 Å². The predicted octanol–water partition coefficient (Wildman–Crippen LogP) is 3.26. The lowest BCUT2D eigenvalue weighted by Gasteiger charge is -2.22. The second-order valence-corrected chi connectivity index (χ2v) is 5.95. The van der Waals surface area contributed by atoms with Gasteiger partial charge in [0.05, 0.1) is 12.1 Å². The molecule has 4 nitrogen and oxygen atoms in total. The molecule has 2 atom stereocenters. The zero-order chi connectivity index (χ0) is 16.4. The van der Waals surface area contributed by atoms with E-state index in [1.807, 2.05) is 7.05 Å². The molecule has 7 heteroatoms. The quantitative estimate of drug-likeness (QED) is 0.939. The summed E-state index contributed by atoms with van der Waals surface area (Å²) >= 11 is 0. The first-order valence-electron chi connectivity index (χ1n) is 7.68. The standard InChI is InChI=1S/C16H19F3N4/c1-23-15(21-10-22-23)9-20-14-7-3-6-13(14)11-4-2-5-12(8-11)16(17,18)19/h2,4-5,8,10,13-14,20H,3,6-7,9H2,1H3/t13-,14-/m0/s1. The zero-order valence-corrected chi connectivity index (χ0v) is 12.8. The maximum Gasteiger partial charge on any atom is 0.416 e. The van der Waals surface area contributed by atoms with Crippen molar-refractivity contribution in [2.24, 2.45) is 7.05 Å². The summed E-state index contributed by atoms with van der Waals surface area (Å²) in [5.41, 5.74) is 0.182. The number of nitrogens with zero attached hydrogens (tertiary/aromatic N) is 3. The van der Waals surface area contributed by atoms with E-state index in [0.717, 1.165) is 36.7 Å². The Hall–Kier alpha value is -1.89. The first kappa shape index (κ1) is 16.0. The molecule has 1 aromatic heterocycles. The molecule has 0 bridgehead atoms. The topological polar surface area (TPSA) is 42.7 Å². The van der Waals surface area contributed by atoms with Gasteiger partial charge in [-0.2, -0.15) is 18.3 Å². The second-order valence-electron chi connectivity index (χ2n) is 5.95. The van der Waals surface area contributed by atoms with Gasteiger partial charge < -0.3 is 5.32 Å². The highest BCUT2D eigenvalue weighted by atomic mass is 19.4. The molecule has 0 spiro atoms. The van der Waals surface area contributed by atoms with E-state index in [4.69, 9.17) is 0 Å². The summed E-state index contributed by atoms with van der Waals surface area (Å²) in [7, 11) is 1.82. The van der Waals surface area contributed by atoms with Crippen molar-refractivity contribution in [2.75, 3.05) is 0 Å². The van der Waals surface area contributed by atoms with Crippen molar-refractivity contribution in [3.8, 4) is 0 Å². The Morgan fingerprint density at radius 1 is 1.30 bits per heavy atom. The van der Waals surface area contributed by atoms with Crippen molar-refractivity contribution in [3.63, 3.8) is 0 Å². The minimum atomic E-state index is -4.30. The number of alkyl halides is 3. The van der Waals surface area contributed by atoms with Gasteiger partial charge in [0.2, 0.25) is 0 Å². The molecule has 1 aliphatic rings. The third-order valence-corrected chi connectivity index (χ3v) is 4.49. The van der Waals surface area contributed by atoms with Crippen LogP contribution in [0.5, 0.6) is 0 Å². The largest absolute Gasteiger partial charge is 0.416 e. The molecule has 1 saturated carbocycles. The summed E-state index contributed by atoms with van der Waals surface area (Å²) in [5, 5.41) is 7.45. The molecule has 0 radical (unpaired) electrons. The van der Waals surface area contributed by atoms with Crippen LogP contribution in [0.2, 0.25) is 0 Å². The lowest BCUT2D eigenvalue weighted by Crippen LogP contribution is -2.31. The van der Waals surface area contributed by atoms with Crippen molar-refractivity contribution in [1.82, 2.24) is 20.1 Å². The molecule has 2 aromatic rings. The van der Waals surface area contributed by atoms with E-state index in [1.165, 1.54) is 18.5 Å². The Kier molecular flexibility index (Phi) is 4.39. The third-order valence-electron chi connectivity index (χ3n) is 4.49. The average molecular weight is 324 g/mol. The Labute approximate surface area is 132 Å². The lowest BCUT2D eigenvalue weighted by molar-refractivity contribution is -0.137. The van der Waals surface area contributed by atoms with Crippen LogP contribution in [-0.2, 0) is 19.8 Å². The number of hydrogen-bond donors (Lipinski definition) is 1. The number of aromatic nitrogens is 3. The average Bonchev–Trinajstić information content (AvgIpc) is 3.13. The van der Waals surface area contributed by atoms with Crippen LogP contribution < -0.4 is 5.32 Å². The number of halogens is 3. The number of hydrogen-bond acceptors (Lipinski definition) is 3. The Morgan fingerprint density at radius 3 is 2.83 bits per heavy atom. The van der Waals surface area contributed by atoms with Gasteiger partial charge in [0.15, 0.2) is 0 Å². The highest BCUT2D eigenvalue weighted by Crippen LogP contribution is 2.37. The van der Waals surface area contributed by atoms with Gasteiger partial charge in [0.1, 0.15) is 12.2 Å². The van der Waals surface area contributed by atoms with Gasteiger partial charge in [0.25, 0.3) is 0 Å². The van der Waals surface area contributed by atoms with Gasteiger partial charge >= 0.3 is 6.18 Å². The van der Waals surface area contributed by atoms with E-state index in [2.05, 4.69) is 15.4 Å². The summed E-state index contributed by atoms with van der Waals surface area (Å²) in [4.78, 5) is 4.16. The summed E-state index contributed by atoms with van der Waals surface area (Å²) in [6.45, 7) is 0.566. The van der Waals surface area contributed by atoms with Crippen molar-refractivity contribution in [3.05, 3.63) is 47.5 Å². The lowest BCUT2D eigenvalue weighted by atomic mass is 9.92. The predicted molar refractivity (Wildman–Crippen MR) is 79.7 cm³/mol. The molecule has 3 rings (SSSR count). The maximum atomic E-state index is 12.9. The first-order valence-corrected chi connectivity index (χ1v) is 7.68. The van der Waals surface area contributed by atoms with Crippen LogP contribution in [0.1, 0.15) is 42.1 Å². The third kappa shape index (κ3) is 3.55. The number of aryl methyl sites for hydroxylation is 1.